The molecule has 2 aromatic rings. The van der Waals surface area contributed by atoms with Crippen LogP contribution in [0.25, 0.3) is 11.1 Å². The average Bonchev–Trinajstić information content (AvgIpc) is 2.42. The lowest BCUT2D eigenvalue weighted by Crippen LogP contribution is -2.24. The number of primary amides is 1. The van der Waals surface area contributed by atoms with Gasteiger partial charge in [-0.2, -0.15) is 5.10 Å². The summed E-state index contributed by atoms with van der Waals surface area (Å²) in [5.41, 5.74) is 10.1. The number of hydrogen-bond donors (Lipinski definition) is 2. The lowest BCUT2D eigenvalue weighted by Gasteiger charge is -2.04. The molecule has 4 nitrogen and oxygen atoms in total. The molecular formula is C15H14FN3O. The number of carbonyl (C=O) groups excluding carboxylic acids is 1. The second-order valence-electron chi connectivity index (χ2n) is 4.32. The van der Waals surface area contributed by atoms with E-state index in [1.54, 1.807) is 13.0 Å². The summed E-state index contributed by atoms with van der Waals surface area (Å²) in [6.45, 7) is 1.72. The summed E-state index contributed by atoms with van der Waals surface area (Å²) in [5, 5.41) is 3.68. The summed E-state index contributed by atoms with van der Waals surface area (Å²) < 4.78 is 13.6. The normalized spacial score (nSPS) is 10.7. The molecule has 0 saturated heterocycles. The Bertz CT molecular complexity index is 668. The molecule has 0 atom stereocenters. The number of nitrogens with two attached hydrogens (primary N) is 1. The zero-order valence-electron chi connectivity index (χ0n) is 10.9. The van der Waals surface area contributed by atoms with Crippen molar-refractivity contribution in [2.75, 3.05) is 0 Å². The molecule has 102 valence electrons. The van der Waals surface area contributed by atoms with Crippen LogP contribution in [0.3, 0.4) is 0 Å². The number of hydrogen-bond acceptors (Lipinski definition) is 2. The Kier molecular flexibility index (Phi) is 4.10. The van der Waals surface area contributed by atoms with Crippen molar-refractivity contribution in [3.8, 4) is 11.1 Å². The van der Waals surface area contributed by atoms with Gasteiger partial charge in [0, 0.05) is 0 Å². The first kappa shape index (κ1) is 13.7. The van der Waals surface area contributed by atoms with E-state index in [-0.39, 0.29) is 5.82 Å². The van der Waals surface area contributed by atoms with Gasteiger partial charge in [-0.25, -0.2) is 14.6 Å². The van der Waals surface area contributed by atoms with Gasteiger partial charge in [-0.05, 0) is 41.3 Å². The Morgan fingerprint density at radius 2 is 2.00 bits per heavy atom. The second kappa shape index (κ2) is 5.97. The minimum atomic E-state index is -0.724. The van der Waals surface area contributed by atoms with Crippen molar-refractivity contribution in [1.82, 2.24) is 5.43 Å². The van der Waals surface area contributed by atoms with Gasteiger partial charge in [0.2, 0.25) is 0 Å². The van der Waals surface area contributed by atoms with Gasteiger partial charge in [0.25, 0.3) is 0 Å². The molecule has 0 unspecified atom stereocenters. The Labute approximate surface area is 116 Å². The van der Waals surface area contributed by atoms with E-state index in [9.17, 15) is 9.18 Å². The van der Waals surface area contributed by atoms with E-state index in [4.69, 9.17) is 5.73 Å². The first-order chi connectivity index (χ1) is 9.56. The monoisotopic (exact) mass is 271 g/mol. The molecule has 2 aromatic carbocycles. The zero-order chi connectivity index (χ0) is 14.5. The maximum atomic E-state index is 13.6. The average molecular weight is 271 g/mol. The molecule has 0 aliphatic rings. The van der Waals surface area contributed by atoms with E-state index in [0.29, 0.717) is 5.56 Å². The number of amides is 2. The summed E-state index contributed by atoms with van der Waals surface area (Å²) in [7, 11) is 0. The fraction of sp³-hybridized carbons (Fsp3) is 0.0667. The molecule has 20 heavy (non-hydrogen) atoms. The molecule has 2 rings (SSSR count). The van der Waals surface area contributed by atoms with Crippen LogP contribution in [0.1, 0.15) is 11.1 Å². The molecule has 0 radical (unpaired) electrons. The molecule has 0 aromatic heterocycles. The number of urea groups is 1. The molecule has 0 aliphatic carbocycles. The van der Waals surface area contributed by atoms with Gasteiger partial charge in [0.05, 0.1) is 6.21 Å². The van der Waals surface area contributed by atoms with Crippen LogP contribution in [0.15, 0.2) is 47.6 Å². The Morgan fingerprint density at radius 1 is 1.25 bits per heavy atom. The van der Waals surface area contributed by atoms with E-state index < -0.39 is 6.03 Å². The highest BCUT2D eigenvalue weighted by Crippen LogP contribution is 2.22. The van der Waals surface area contributed by atoms with Crippen molar-refractivity contribution in [2.24, 2.45) is 10.8 Å². The number of hydrazone groups is 1. The van der Waals surface area contributed by atoms with Crippen molar-refractivity contribution in [3.05, 3.63) is 59.4 Å². The summed E-state index contributed by atoms with van der Waals surface area (Å²) >= 11 is 0. The number of aryl methyl sites for hydroxylation is 1. The molecule has 0 spiro atoms. The molecule has 0 aliphatic heterocycles. The van der Waals surface area contributed by atoms with Crippen molar-refractivity contribution < 1.29 is 9.18 Å². The van der Waals surface area contributed by atoms with Crippen LogP contribution in [0, 0.1) is 12.7 Å². The third-order valence-corrected chi connectivity index (χ3v) is 2.78. The third kappa shape index (κ3) is 3.41. The van der Waals surface area contributed by atoms with Crippen LogP contribution in [0.5, 0.6) is 0 Å². The molecule has 3 N–H and O–H groups in total. The predicted octanol–water partition coefficient (Wildman–Crippen LogP) is 2.80. The minimum Gasteiger partial charge on any atom is -0.350 e. The summed E-state index contributed by atoms with van der Waals surface area (Å²) in [5.74, 6) is -0.239. The quantitative estimate of drug-likeness (QED) is 0.654. The van der Waals surface area contributed by atoms with Gasteiger partial charge in [-0.15, -0.1) is 0 Å². The summed E-state index contributed by atoms with van der Waals surface area (Å²) in [6.07, 6.45) is 1.47. The number of rotatable bonds is 3. The summed E-state index contributed by atoms with van der Waals surface area (Å²) in [6, 6.07) is 11.7. The molecule has 0 heterocycles. The highest BCUT2D eigenvalue weighted by Gasteiger charge is 2.02. The fourth-order valence-electron chi connectivity index (χ4n) is 1.74. The smallest absolute Gasteiger partial charge is 0.332 e. The van der Waals surface area contributed by atoms with Crippen LogP contribution < -0.4 is 11.2 Å². The van der Waals surface area contributed by atoms with Crippen LogP contribution in [-0.2, 0) is 0 Å². The molecule has 0 bridgehead atoms. The second-order valence-corrected chi connectivity index (χ2v) is 4.32. The largest absolute Gasteiger partial charge is 0.350 e. The number of halogens is 1. The van der Waals surface area contributed by atoms with E-state index in [2.05, 4.69) is 10.5 Å². The number of benzene rings is 2. The molecule has 2 amide bonds. The van der Waals surface area contributed by atoms with E-state index in [1.165, 1.54) is 12.3 Å². The SMILES string of the molecule is Cc1ccc(-c2cccc(C=NNC(N)=O)c2)cc1F. The number of carbonyl (C=O) groups is 1. The Balaban J connectivity index is 2.27. The van der Waals surface area contributed by atoms with Crippen molar-refractivity contribution >= 4 is 12.2 Å². The lowest BCUT2D eigenvalue weighted by molar-refractivity contribution is 0.249. The van der Waals surface area contributed by atoms with Gasteiger partial charge in [-0.1, -0.05) is 30.3 Å². The Morgan fingerprint density at radius 3 is 2.70 bits per heavy atom. The van der Waals surface area contributed by atoms with Gasteiger partial charge in [0.1, 0.15) is 5.82 Å². The van der Waals surface area contributed by atoms with Gasteiger partial charge in [-0.3, -0.25) is 0 Å². The lowest BCUT2D eigenvalue weighted by atomic mass is 10.0. The molecule has 0 fully saturated rings. The van der Waals surface area contributed by atoms with Crippen molar-refractivity contribution in [3.63, 3.8) is 0 Å². The Hall–Kier alpha value is -2.69. The molecule has 5 heteroatoms. The zero-order valence-corrected chi connectivity index (χ0v) is 10.9. The predicted molar refractivity (Wildman–Crippen MR) is 76.9 cm³/mol. The van der Waals surface area contributed by atoms with Gasteiger partial charge >= 0.3 is 6.03 Å². The standard InChI is InChI=1S/C15H14FN3O/c1-10-5-6-13(8-14(10)16)12-4-2-3-11(7-12)9-18-19-15(17)20/h2-9H,1H3,(H3,17,19,20). The van der Waals surface area contributed by atoms with E-state index in [1.807, 2.05) is 30.3 Å². The highest BCUT2D eigenvalue weighted by molar-refractivity contribution is 5.83. The highest BCUT2D eigenvalue weighted by atomic mass is 19.1. The maximum absolute atomic E-state index is 13.6. The van der Waals surface area contributed by atoms with E-state index in [0.717, 1.165) is 16.7 Å². The minimum absolute atomic E-state index is 0.239. The number of nitrogens with zero attached hydrogens (tertiary/aromatic N) is 1. The summed E-state index contributed by atoms with van der Waals surface area (Å²) in [4.78, 5) is 10.5. The topological polar surface area (TPSA) is 67.5 Å². The fourth-order valence-corrected chi connectivity index (χ4v) is 1.74. The molecular weight excluding hydrogens is 257 g/mol. The van der Waals surface area contributed by atoms with Crippen LogP contribution in [-0.4, -0.2) is 12.2 Å². The van der Waals surface area contributed by atoms with Crippen LogP contribution >= 0.6 is 0 Å². The first-order valence-corrected chi connectivity index (χ1v) is 6.01. The first-order valence-electron chi connectivity index (χ1n) is 6.01. The maximum Gasteiger partial charge on any atom is 0.332 e. The number of nitrogens with one attached hydrogen (secondary N) is 1. The van der Waals surface area contributed by atoms with Crippen molar-refractivity contribution in [1.29, 1.82) is 0 Å². The molecule has 0 saturated carbocycles. The van der Waals surface area contributed by atoms with Crippen LogP contribution in [0.2, 0.25) is 0 Å². The van der Waals surface area contributed by atoms with Crippen molar-refractivity contribution in [2.45, 2.75) is 6.92 Å². The van der Waals surface area contributed by atoms with E-state index >= 15 is 0 Å². The van der Waals surface area contributed by atoms with Crippen LogP contribution in [0.4, 0.5) is 9.18 Å². The van der Waals surface area contributed by atoms with Gasteiger partial charge in [0.15, 0.2) is 0 Å². The third-order valence-electron chi connectivity index (χ3n) is 2.78. The van der Waals surface area contributed by atoms with Gasteiger partial charge < -0.3 is 5.73 Å².